The molecule has 0 amide bonds. The van der Waals surface area contributed by atoms with Gasteiger partial charge in [0.1, 0.15) is 11.9 Å². The summed E-state index contributed by atoms with van der Waals surface area (Å²) in [6.45, 7) is 3.75. The van der Waals surface area contributed by atoms with E-state index in [0.717, 1.165) is 33.3 Å². The van der Waals surface area contributed by atoms with Crippen LogP contribution < -0.4 is 10.2 Å². The fourth-order valence-corrected chi connectivity index (χ4v) is 4.82. The van der Waals surface area contributed by atoms with Gasteiger partial charge in [-0.2, -0.15) is 0 Å². The van der Waals surface area contributed by atoms with Crippen molar-refractivity contribution in [2.45, 2.75) is 25.9 Å². The average Bonchev–Trinajstić information content (AvgIpc) is 3.42. The predicted octanol–water partition coefficient (Wildman–Crippen LogP) is 6.46. The number of thiocarbonyl (C=S) groups is 1. The fourth-order valence-electron chi connectivity index (χ4n) is 4.36. The summed E-state index contributed by atoms with van der Waals surface area (Å²) in [6, 6.07) is 20.6. The van der Waals surface area contributed by atoms with Crippen molar-refractivity contribution < 1.29 is 4.39 Å². The van der Waals surface area contributed by atoms with Crippen molar-refractivity contribution in [1.82, 2.24) is 14.9 Å². The molecule has 0 radical (unpaired) electrons. The Labute approximate surface area is 202 Å². The van der Waals surface area contributed by atoms with E-state index in [1.165, 1.54) is 6.07 Å². The number of benzene rings is 2. The van der Waals surface area contributed by atoms with E-state index in [1.54, 1.807) is 19.2 Å². The number of nitrogens with one attached hydrogen (secondary N) is 1. The number of halogens is 2. The molecule has 1 N–H and O–H groups in total. The van der Waals surface area contributed by atoms with Crippen molar-refractivity contribution in [2.24, 2.45) is 0 Å². The van der Waals surface area contributed by atoms with Gasteiger partial charge in [-0.05, 0) is 97.9 Å². The van der Waals surface area contributed by atoms with Gasteiger partial charge < -0.3 is 14.8 Å². The summed E-state index contributed by atoms with van der Waals surface area (Å²) in [6.07, 6.45) is 3.81. The maximum absolute atomic E-state index is 14.1. The van der Waals surface area contributed by atoms with Gasteiger partial charge in [0.15, 0.2) is 5.11 Å². The third-order valence-corrected chi connectivity index (χ3v) is 6.76. The fraction of sp³-hybridized carbons (Fsp3) is 0.154. The van der Waals surface area contributed by atoms with Crippen molar-refractivity contribution in [3.63, 3.8) is 0 Å². The molecule has 33 heavy (non-hydrogen) atoms. The van der Waals surface area contributed by atoms with Crippen LogP contribution in [0, 0.1) is 19.7 Å². The Hall–Kier alpha value is -3.22. The van der Waals surface area contributed by atoms with Gasteiger partial charge in [0.05, 0.1) is 11.7 Å². The molecular formula is C26H22ClFN4S. The highest BCUT2D eigenvalue weighted by Gasteiger charge is 2.42. The van der Waals surface area contributed by atoms with Crippen LogP contribution in [0.2, 0.25) is 5.02 Å². The lowest BCUT2D eigenvalue weighted by Gasteiger charge is -2.29. The Morgan fingerprint density at radius 1 is 0.970 bits per heavy atom. The molecular weight excluding hydrogens is 455 g/mol. The number of hydrogen-bond donors (Lipinski definition) is 1. The van der Waals surface area contributed by atoms with E-state index in [1.807, 2.05) is 55.6 Å². The van der Waals surface area contributed by atoms with Gasteiger partial charge in [0.2, 0.25) is 0 Å². The molecule has 3 heterocycles. The van der Waals surface area contributed by atoms with Crippen LogP contribution in [0.15, 0.2) is 79.1 Å². The highest BCUT2D eigenvalue weighted by molar-refractivity contribution is 7.80. The molecule has 2 aromatic carbocycles. The van der Waals surface area contributed by atoms with E-state index >= 15 is 0 Å². The van der Waals surface area contributed by atoms with Gasteiger partial charge in [0, 0.05) is 34.5 Å². The Kier molecular flexibility index (Phi) is 5.64. The van der Waals surface area contributed by atoms with Crippen molar-refractivity contribution in [3.05, 3.63) is 112 Å². The standard InChI is InChI=1S/C26H22ClFN4S/c1-16-14-18(8-10-20(16)27)31-13-5-7-23(31)25-24(22-6-3-4-12-29-22)30-26(33)32(25)19-9-11-21(28)17(2)15-19/h3-15,24-25H,1-2H3,(H,30,33)/t24-,25-/m0/s1. The average molecular weight is 477 g/mol. The predicted molar refractivity (Wildman–Crippen MR) is 135 cm³/mol. The summed E-state index contributed by atoms with van der Waals surface area (Å²) >= 11 is 12.1. The van der Waals surface area contributed by atoms with Crippen LogP contribution in [0.25, 0.3) is 5.69 Å². The second-order valence-corrected chi connectivity index (χ2v) is 8.96. The van der Waals surface area contributed by atoms with E-state index < -0.39 is 0 Å². The van der Waals surface area contributed by atoms with Crippen molar-refractivity contribution in [1.29, 1.82) is 0 Å². The van der Waals surface area contributed by atoms with Crippen LogP contribution in [0.1, 0.15) is 34.6 Å². The van der Waals surface area contributed by atoms with Crippen molar-refractivity contribution in [3.8, 4) is 5.69 Å². The first kappa shape index (κ1) is 21.6. The zero-order valence-corrected chi connectivity index (χ0v) is 19.7. The third-order valence-electron chi connectivity index (χ3n) is 6.02. The molecule has 2 atom stereocenters. The number of pyridine rings is 1. The molecule has 166 valence electrons. The van der Waals surface area contributed by atoms with E-state index in [-0.39, 0.29) is 17.9 Å². The summed E-state index contributed by atoms with van der Waals surface area (Å²) in [5.41, 5.74) is 5.31. The molecule has 0 unspecified atom stereocenters. The monoisotopic (exact) mass is 476 g/mol. The molecule has 1 aliphatic heterocycles. The minimum Gasteiger partial charge on any atom is -0.351 e. The highest BCUT2D eigenvalue weighted by atomic mass is 35.5. The van der Waals surface area contributed by atoms with Gasteiger partial charge in [-0.25, -0.2) is 4.39 Å². The number of aromatic nitrogens is 2. The normalized spacial score (nSPS) is 17.9. The number of aryl methyl sites for hydroxylation is 2. The molecule has 1 fully saturated rings. The molecule has 2 aromatic heterocycles. The molecule has 1 saturated heterocycles. The summed E-state index contributed by atoms with van der Waals surface area (Å²) in [7, 11) is 0. The molecule has 4 nitrogen and oxygen atoms in total. The van der Waals surface area contributed by atoms with E-state index in [2.05, 4.69) is 31.9 Å². The van der Waals surface area contributed by atoms with Gasteiger partial charge in [-0.3, -0.25) is 4.98 Å². The second kappa shape index (κ2) is 8.61. The highest BCUT2D eigenvalue weighted by Crippen LogP contribution is 2.42. The smallest absolute Gasteiger partial charge is 0.174 e. The lowest BCUT2D eigenvalue weighted by Crippen LogP contribution is -2.30. The van der Waals surface area contributed by atoms with Crippen LogP contribution in [-0.2, 0) is 0 Å². The largest absolute Gasteiger partial charge is 0.351 e. The maximum atomic E-state index is 14.1. The van der Waals surface area contributed by atoms with Crippen LogP contribution in [0.4, 0.5) is 10.1 Å². The van der Waals surface area contributed by atoms with Gasteiger partial charge in [0.25, 0.3) is 0 Å². The Balaban J connectivity index is 1.68. The molecule has 0 bridgehead atoms. The second-order valence-electron chi connectivity index (χ2n) is 8.17. The minimum atomic E-state index is -0.241. The molecule has 5 rings (SSSR count). The Morgan fingerprint density at radius 2 is 1.76 bits per heavy atom. The SMILES string of the molecule is Cc1cc(N2C(=S)N[C@@H](c3ccccn3)[C@@H]2c2cccn2-c2ccc(Cl)c(C)c2)ccc1F. The number of nitrogens with zero attached hydrogens (tertiary/aromatic N) is 3. The van der Waals surface area contributed by atoms with Crippen LogP contribution in [0.3, 0.4) is 0 Å². The van der Waals surface area contributed by atoms with Crippen LogP contribution in [-0.4, -0.2) is 14.7 Å². The van der Waals surface area contributed by atoms with Gasteiger partial charge >= 0.3 is 0 Å². The summed E-state index contributed by atoms with van der Waals surface area (Å²) < 4.78 is 16.2. The van der Waals surface area contributed by atoms with E-state index in [0.29, 0.717) is 10.7 Å². The number of hydrogen-bond acceptors (Lipinski definition) is 2. The maximum Gasteiger partial charge on any atom is 0.174 e. The molecule has 4 aromatic rings. The Morgan fingerprint density at radius 3 is 2.48 bits per heavy atom. The molecule has 1 aliphatic rings. The van der Waals surface area contributed by atoms with Crippen LogP contribution in [0.5, 0.6) is 0 Å². The quantitative estimate of drug-likeness (QED) is 0.343. The summed E-state index contributed by atoms with van der Waals surface area (Å²) in [5, 5.41) is 4.76. The van der Waals surface area contributed by atoms with E-state index in [4.69, 9.17) is 23.8 Å². The van der Waals surface area contributed by atoms with E-state index in [9.17, 15) is 4.39 Å². The zero-order valence-electron chi connectivity index (χ0n) is 18.2. The minimum absolute atomic E-state index is 0.189. The third kappa shape index (κ3) is 3.90. The lowest BCUT2D eigenvalue weighted by molar-refractivity contribution is 0.549. The Bertz CT molecular complexity index is 1340. The molecule has 7 heteroatoms. The summed E-state index contributed by atoms with van der Waals surface area (Å²) in [5.74, 6) is -0.241. The van der Waals surface area contributed by atoms with Crippen LogP contribution >= 0.6 is 23.8 Å². The zero-order chi connectivity index (χ0) is 23.1. The first-order chi connectivity index (χ1) is 15.9. The van der Waals surface area contributed by atoms with Gasteiger partial charge in [-0.15, -0.1) is 0 Å². The first-order valence-corrected chi connectivity index (χ1v) is 11.4. The van der Waals surface area contributed by atoms with Crippen molar-refractivity contribution >= 4 is 34.6 Å². The lowest BCUT2D eigenvalue weighted by atomic mass is 10.0. The topological polar surface area (TPSA) is 33.1 Å². The molecule has 0 saturated carbocycles. The van der Waals surface area contributed by atoms with Crippen molar-refractivity contribution in [2.75, 3.05) is 4.90 Å². The summed E-state index contributed by atoms with van der Waals surface area (Å²) in [4.78, 5) is 6.66. The first-order valence-electron chi connectivity index (χ1n) is 10.6. The number of anilines is 1. The van der Waals surface area contributed by atoms with Gasteiger partial charge in [-0.1, -0.05) is 17.7 Å². The molecule has 0 aliphatic carbocycles. The number of rotatable bonds is 4. The molecule has 0 spiro atoms.